The van der Waals surface area contributed by atoms with Crippen molar-refractivity contribution in [2.45, 2.75) is 37.4 Å². The molecule has 0 saturated carbocycles. The number of hydrogen-bond donors (Lipinski definition) is 4. The van der Waals surface area contributed by atoms with Gasteiger partial charge in [0, 0.05) is 5.56 Å². The van der Waals surface area contributed by atoms with Crippen LogP contribution in [-0.2, 0) is 4.74 Å². The maximum Gasteiger partial charge on any atom is 0.159 e. The number of carbonyl (C=O) groups is 1. The lowest BCUT2D eigenvalue weighted by Gasteiger charge is -2.39. The summed E-state index contributed by atoms with van der Waals surface area (Å²) in [6, 6.07) is 23.4. The van der Waals surface area contributed by atoms with E-state index in [9.17, 15) is 25.2 Å². The summed E-state index contributed by atoms with van der Waals surface area (Å²) in [6.07, 6.45) is -4.81. The van der Waals surface area contributed by atoms with E-state index in [1.165, 1.54) is 4.68 Å². The van der Waals surface area contributed by atoms with Gasteiger partial charge in [-0.2, -0.15) is 0 Å². The Morgan fingerprint density at radius 3 is 1.84 bits per heavy atom. The summed E-state index contributed by atoms with van der Waals surface area (Å²) >= 11 is 0. The third-order valence-electron chi connectivity index (χ3n) is 6.67. The van der Waals surface area contributed by atoms with E-state index in [1.807, 2.05) is 72.8 Å². The predicted octanol–water partition coefficient (Wildman–Crippen LogP) is 2.32. The first kappa shape index (κ1) is 24.9. The van der Waals surface area contributed by atoms with E-state index in [-0.39, 0.29) is 11.5 Å². The van der Waals surface area contributed by atoms with Crippen LogP contribution in [0.5, 0.6) is 0 Å². The summed E-state index contributed by atoms with van der Waals surface area (Å²) in [4.78, 5) is 11.5. The second-order valence-electron chi connectivity index (χ2n) is 9.10. The number of aliphatic hydroxyl groups is 4. The minimum Gasteiger partial charge on any atom is -0.394 e. The van der Waals surface area contributed by atoms with Gasteiger partial charge in [0.1, 0.15) is 36.2 Å². The normalized spacial score (nSPS) is 23.6. The highest BCUT2D eigenvalue weighted by molar-refractivity contribution is 5.94. The number of hydrogen-bond acceptors (Lipinski definition) is 8. The molecular formula is C28H27N3O6. The first-order valence-electron chi connectivity index (χ1n) is 11.9. The van der Waals surface area contributed by atoms with E-state index in [0.29, 0.717) is 5.56 Å². The number of ketones is 1. The smallest absolute Gasteiger partial charge is 0.159 e. The molecule has 2 heterocycles. The molecule has 190 valence electrons. The molecule has 0 radical (unpaired) electrons. The van der Waals surface area contributed by atoms with Crippen molar-refractivity contribution in [2.24, 2.45) is 0 Å². The summed E-state index contributed by atoms with van der Waals surface area (Å²) in [5.41, 5.74) is 5.83. The molecule has 4 N–H and O–H groups in total. The second-order valence-corrected chi connectivity index (χ2v) is 9.10. The van der Waals surface area contributed by atoms with Crippen LogP contribution in [0.1, 0.15) is 29.1 Å². The maximum atomic E-state index is 11.5. The van der Waals surface area contributed by atoms with Crippen LogP contribution in [0.3, 0.4) is 0 Å². The first-order valence-corrected chi connectivity index (χ1v) is 11.9. The van der Waals surface area contributed by atoms with Crippen molar-refractivity contribution in [3.8, 4) is 27.9 Å². The SMILES string of the molecule is CC(=O)c1ccc(-c2ccc(-c3ccc(-n4cc(C5OC(CO)C(O)C(O)C5O)nn4)cc3)cc2)cc1. The Labute approximate surface area is 213 Å². The average molecular weight is 502 g/mol. The number of rotatable bonds is 6. The van der Waals surface area contributed by atoms with E-state index in [0.717, 1.165) is 27.9 Å². The molecule has 3 aromatic carbocycles. The van der Waals surface area contributed by atoms with Crippen molar-refractivity contribution in [2.75, 3.05) is 6.61 Å². The van der Waals surface area contributed by atoms with Crippen molar-refractivity contribution in [1.82, 2.24) is 15.0 Å². The van der Waals surface area contributed by atoms with Crippen molar-refractivity contribution in [3.63, 3.8) is 0 Å². The molecular weight excluding hydrogens is 474 g/mol. The predicted molar refractivity (Wildman–Crippen MR) is 135 cm³/mol. The van der Waals surface area contributed by atoms with Gasteiger partial charge in [-0.25, -0.2) is 4.68 Å². The number of aromatic nitrogens is 3. The Kier molecular flexibility index (Phi) is 6.96. The number of nitrogens with zero attached hydrogens (tertiary/aromatic N) is 3. The summed E-state index contributed by atoms with van der Waals surface area (Å²) in [5.74, 6) is 0.0429. The lowest BCUT2D eigenvalue weighted by molar-refractivity contribution is -0.232. The summed E-state index contributed by atoms with van der Waals surface area (Å²) in [7, 11) is 0. The molecule has 4 aromatic rings. The van der Waals surface area contributed by atoms with E-state index >= 15 is 0 Å². The van der Waals surface area contributed by atoms with Crippen LogP contribution in [0.4, 0.5) is 0 Å². The summed E-state index contributed by atoms with van der Waals surface area (Å²) in [5, 5.41) is 47.9. The quantitative estimate of drug-likeness (QED) is 0.295. The molecule has 0 amide bonds. The molecule has 0 spiro atoms. The number of aliphatic hydroxyl groups excluding tert-OH is 4. The maximum absolute atomic E-state index is 11.5. The fourth-order valence-electron chi connectivity index (χ4n) is 4.44. The zero-order valence-electron chi connectivity index (χ0n) is 20.0. The molecule has 1 saturated heterocycles. The Morgan fingerprint density at radius 1 is 0.811 bits per heavy atom. The Bertz CT molecular complexity index is 1370. The van der Waals surface area contributed by atoms with Crippen molar-refractivity contribution < 1.29 is 30.0 Å². The third-order valence-corrected chi connectivity index (χ3v) is 6.67. The highest BCUT2D eigenvalue weighted by atomic mass is 16.5. The summed E-state index contributed by atoms with van der Waals surface area (Å²) in [6.45, 7) is 1.04. The fraction of sp³-hybridized carbons (Fsp3) is 0.250. The van der Waals surface area contributed by atoms with Gasteiger partial charge in [-0.15, -0.1) is 5.10 Å². The van der Waals surface area contributed by atoms with Crippen molar-refractivity contribution >= 4 is 5.78 Å². The van der Waals surface area contributed by atoms with Gasteiger partial charge in [0.25, 0.3) is 0 Å². The van der Waals surface area contributed by atoms with E-state index < -0.39 is 37.1 Å². The molecule has 5 rings (SSSR count). The molecule has 1 aliphatic rings. The minimum absolute atomic E-state index is 0.0429. The summed E-state index contributed by atoms with van der Waals surface area (Å²) < 4.78 is 7.08. The van der Waals surface area contributed by atoms with Crippen molar-refractivity contribution in [1.29, 1.82) is 0 Å². The first-order chi connectivity index (χ1) is 17.9. The number of ether oxygens (including phenoxy) is 1. The zero-order valence-corrected chi connectivity index (χ0v) is 20.0. The molecule has 9 heteroatoms. The molecule has 0 aliphatic carbocycles. The Hall–Kier alpha value is -3.73. The van der Waals surface area contributed by atoms with Gasteiger partial charge < -0.3 is 25.2 Å². The van der Waals surface area contributed by atoms with E-state index in [4.69, 9.17) is 4.74 Å². The molecule has 9 nitrogen and oxygen atoms in total. The second kappa shape index (κ2) is 10.3. The zero-order chi connectivity index (χ0) is 26.1. The molecule has 5 unspecified atom stereocenters. The van der Waals surface area contributed by atoms with Gasteiger partial charge in [-0.05, 0) is 41.3 Å². The monoisotopic (exact) mass is 501 g/mol. The van der Waals surface area contributed by atoms with Crippen LogP contribution >= 0.6 is 0 Å². The van der Waals surface area contributed by atoms with Gasteiger partial charge in [0.05, 0.1) is 18.5 Å². The number of benzene rings is 3. The van der Waals surface area contributed by atoms with Crippen LogP contribution in [0.2, 0.25) is 0 Å². The fourth-order valence-corrected chi connectivity index (χ4v) is 4.44. The van der Waals surface area contributed by atoms with Gasteiger partial charge in [-0.3, -0.25) is 4.79 Å². The largest absolute Gasteiger partial charge is 0.394 e. The lowest BCUT2D eigenvalue weighted by Crippen LogP contribution is -2.55. The number of carbonyl (C=O) groups excluding carboxylic acids is 1. The molecule has 1 fully saturated rings. The Balaban J connectivity index is 1.30. The molecule has 5 atom stereocenters. The van der Waals surface area contributed by atoms with Crippen LogP contribution in [0.25, 0.3) is 27.9 Å². The van der Waals surface area contributed by atoms with Crippen LogP contribution in [-0.4, -0.2) is 72.2 Å². The lowest BCUT2D eigenvalue weighted by atomic mass is 9.94. The minimum atomic E-state index is -1.48. The van der Waals surface area contributed by atoms with Crippen LogP contribution in [0, 0.1) is 0 Å². The molecule has 0 bridgehead atoms. The van der Waals surface area contributed by atoms with Gasteiger partial charge in [0.15, 0.2) is 5.78 Å². The van der Waals surface area contributed by atoms with Gasteiger partial charge in [0.2, 0.25) is 0 Å². The van der Waals surface area contributed by atoms with Crippen LogP contribution in [0.15, 0.2) is 79.0 Å². The highest BCUT2D eigenvalue weighted by Gasteiger charge is 2.45. The topological polar surface area (TPSA) is 138 Å². The van der Waals surface area contributed by atoms with Gasteiger partial charge in [-0.1, -0.05) is 65.9 Å². The molecule has 1 aliphatic heterocycles. The highest BCUT2D eigenvalue weighted by Crippen LogP contribution is 2.32. The molecule has 1 aromatic heterocycles. The van der Waals surface area contributed by atoms with Crippen molar-refractivity contribution in [3.05, 3.63) is 90.3 Å². The standard InChI is InChI=1S/C28H27N3O6/c1-16(33)17-2-4-18(5-3-17)19-6-8-20(9-7-19)21-10-12-22(13-11-21)31-14-23(29-30-31)28-27(36)26(35)25(34)24(15-32)37-28/h2-14,24-28,32,34-36H,15H2,1H3. The van der Waals surface area contributed by atoms with Crippen LogP contribution < -0.4 is 0 Å². The molecule has 37 heavy (non-hydrogen) atoms. The average Bonchev–Trinajstić information content (AvgIpc) is 3.42. The van der Waals surface area contributed by atoms with E-state index in [2.05, 4.69) is 10.3 Å². The van der Waals surface area contributed by atoms with E-state index in [1.54, 1.807) is 13.1 Å². The van der Waals surface area contributed by atoms with Gasteiger partial charge >= 0.3 is 0 Å². The third kappa shape index (κ3) is 4.95. The number of Topliss-reactive ketones (excluding diaryl/α,β-unsaturated/α-hetero) is 1. The Morgan fingerprint density at radius 2 is 1.32 bits per heavy atom.